The molecule has 168 valence electrons. The van der Waals surface area contributed by atoms with Gasteiger partial charge in [-0.2, -0.15) is 0 Å². The zero-order chi connectivity index (χ0) is 23.0. The number of aryl methyl sites for hydroxylation is 1. The van der Waals surface area contributed by atoms with E-state index in [-0.39, 0.29) is 28.6 Å². The summed E-state index contributed by atoms with van der Waals surface area (Å²) in [5.41, 5.74) is 1.05. The number of rotatable bonds is 7. The summed E-state index contributed by atoms with van der Waals surface area (Å²) in [5.74, 6) is -1.78. The second kappa shape index (κ2) is 8.42. The molecule has 4 rings (SSSR count). The molecule has 2 aromatic heterocycles. The van der Waals surface area contributed by atoms with Gasteiger partial charge in [0.1, 0.15) is 23.1 Å². The average molecular weight is 461 g/mol. The summed E-state index contributed by atoms with van der Waals surface area (Å²) in [5, 5.41) is 0. The molecule has 0 atom stereocenters. The van der Waals surface area contributed by atoms with E-state index in [1.54, 1.807) is 23.8 Å². The normalized spacial score (nSPS) is 13.9. The van der Waals surface area contributed by atoms with Gasteiger partial charge in [-0.1, -0.05) is 0 Å². The lowest BCUT2D eigenvalue weighted by Crippen LogP contribution is -2.23. The quantitative estimate of drug-likeness (QED) is 0.534. The molecule has 0 radical (unpaired) electrons. The Morgan fingerprint density at radius 2 is 1.94 bits per heavy atom. The van der Waals surface area contributed by atoms with Gasteiger partial charge in [-0.25, -0.2) is 27.2 Å². The van der Waals surface area contributed by atoms with Crippen LogP contribution in [-0.2, 0) is 22.1 Å². The summed E-state index contributed by atoms with van der Waals surface area (Å²) >= 11 is 0. The molecule has 7 nitrogen and oxygen atoms in total. The highest BCUT2D eigenvalue weighted by Gasteiger charge is 2.23. The zero-order valence-corrected chi connectivity index (χ0v) is 18.3. The first-order valence-corrected chi connectivity index (χ1v) is 12.0. The molecule has 1 aliphatic rings. The topological polar surface area (TPSA) is 91.2 Å². The molecule has 0 bridgehead atoms. The Morgan fingerprint density at radius 3 is 2.59 bits per heavy atom. The molecular formula is C22H21F2N3O4S. The maximum absolute atomic E-state index is 14.2. The van der Waals surface area contributed by atoms with Crippen LogP contribution in [0, 0.1) is 24.5 Å². The van der Waals surface area contributed by atoms with E-state index in [9.17, 15) is 22.0 Å². The van der Waals surface area contributed by atoms with Gasteiger partial charge < -0.3 is 9.30 Å². The van der Waals surface area contributed by atoms with Crippen molar-refractivity contribution in [2.75, 3.05) is 6.26 Å². The van der Waals surface area contributed by atoms with Crippen LogP contribution in [0.25, 0.3) is 11.3 Å². The average Bonchev–Trinajstić information content (AvgIpc) is 3.51. The Bertz CT molecular complexity index is 1350. The van der Waals surface area contributed by atoms with E-state index in [1.165, 1.54) is 6.20 Å². The van der Waals surface area contributed by atoms with Crippen molar-refractivity contribution >= 4 is 9.84 Å². The molecule has 1 aromatic carbocycles. The van der Waals surface area contributed by atoms with E-state index < -0.39 is 27.2 Å². The minimum Gasteiger partial charge on any atom is -0.450 e. The van der Waals surface area contributed by atoms with E-state index in [0.29, 0.717) is 29.7 Å². The fraction of sp³-hybridized carbons (Fsp3) is 0.318. The number of hydrogen-bond acceptors (Lipinski definition) is 6. The first-order valence-electron chi connectivity index (χ1n) is 9.97. The smallest absolute Gasteiger partial charge is 0.253 e. The maximum Gasteiger partial charge on any atom is 0.253 e. The van der Waals surface area contributed by atoms with Crippen molar-refractivity contribution in [1.82, 2.24) is 14.5 Å². The highest BCUT2D eigenvalue weighted by atomic mass is 32.2. The van der Waals surface area contributed by atoms with E-state index in [0.717, 1.165) is 31.2 Å². The van der Waals surface area contributed by atoms with Crippen molar-refractivity contribution in [2.24, 2.45) is 5.92 Å². The summed E-state index contributed by atoms with van der Waals surface area (Å²) in [6.45, 7) is 2.24. The van der Waals surface area contributed by atoms with Crippen molar-refractivity contribution in [2.45, 2.75) is 32.1 Å². The fourth-order valence-corrected chi connectivity index (χ4v) is 3.91. The Balaban J connectivity index is 1.83. The molecule has 0 unspecified atom stereocenters. The number of hydrogen-bond donors (Lipinski definition) is 0. The predicted molar refractivity (Wildman–Crippen MR) is 114 cm³/mol. The number of halogens is 2. The van der Waals surface area contributed by atoms with Gasteiger partial charge in [-0.15, -0.1) is 0 Å². The van der Waals surface area contributed by atoms with Crippen LogP contribution in [0.3, 0.4) is 0 Å². The predicted octanol–water partition coefficient (Wildman–Crippen LogP) is 3.64. The van der Waals surface area contributed by atoms with Crippen molar-refractivity contribution in [3.05, 3.63) is 70.0 Å². The standard InChI is InChI=1S/C22H21F2N3O4S/c1-13-7-15(11-27(22(13)28)10-14-3-4-14)21-19(9-25-20(26-21)12-32(2,29)30)31-18-6-5-16(23)8-17(18)24/h5-9,11,14H,3-4,10,12H2,1-2H3. The van der Waals surface area contributed by atoms with Gasteiger partial charge in [-0.05, 0) is 43.9 Å². The Morgan fingerprint density at radius 1 is 1.19 bits per heavy atom. The van der Waals surface area contributed by atoms with Crippen molar-refractivity contribution in [1.29, 1.82) is 0 Å². The number of sulfone groups is 1. The third-order valence-corrected chi connectivity index (χ3v) is 5.78. The van der Waals surface area contributed by atoms with Crippen LogP contribution in [0.4, 0.5) is 8.78 Å². The van der Waals surface area contributed by atoms with Gasteiger partial charge in [0.2, 0.25) is 0 Å². The van der Waals surface area contributed by atoms with Crippen LogP contribution in [0.2, 0.25) is 0 Å². The molecule has 1 fully saturated rings. The molecule has 0 aliphatic heterocycles. The first kappa shape index (κ1) is 22.1. The zero-order valence-electron chi connectivity index (χ0n) is 17.5. The third kappa shape index (κ3) is 5.18. The summed E-state index contributed by atoms with van der Waals surface area (Å²) < 4.78 is 58.2. The van der Waals surface area contributed by atoms with Gasteiger partial charge in [0.25, 0.3) is 5.56 Å². The summed E-state index contributed by atoms with van der Waals surface area (Å²) in [6.07, 6.45) is 6.06. The lowest BCUT2D eigenvalue weighted by molar-refractivity contribution is 0.435. The lowest BCUT2D eigenvalue weighted by Gasteiger charge is -2.14. The van der Waals surface area contributed by atoms with Gasteiger partial charge >= 0.3 is 0 Å². The van der Waals surface area contributed by atoms with E-state index in [1.807, 2.05) is 0 Å². The minimum absolute atomic E-state index is 0.0343. The molecule has 0 saturated heterocycles. The number of benzene rings is 1. The summed E-state index contributed by atoms with van der Waals surface area (Å²) in [4.78, 5) is 20.9. The Labute approximate surface area is 183 Å². The second-order valence-electron chi connectivity index (χ2n) is 8.06. The van der Waals surface area contributed by atoms with Crippen LogP contribution < -0.4 is 10.3 Å². The van der Waals surface area contributed by atoms with Gasteiger partial charge in [0.05, 0.1) is 6.20 Å². The molecule has 32 heavy (non-hydrogen) atoms. The van der Waals surface area contributed by atoms with Crippen molar-refractivity contribution < 1.29 is 21.9 Å². The Hall–Kier alpha value is -3.14. The molecule has 2 heterocycles. The third-order valence-electron chi connectivity index (χ3n) is 5.00. The first-order chi connectivity index (χ1) is 15.1. The van der Waals surface area contributed by atoms with Crippen LogP contribution in [0.5, 0.6) is 11.5 Å². The fourth-order valence-electron chi connectivity index (χ4n) is 3.30. The van der Waals surface area contributed by atoms with E-state index in [2.05, 4.69) is 9.97 Å². The van der Waals surface area contributed by atoms with Crippen molar-refractivity contribution in [3.63, 3.8) is 0 Å². The Kier molecular flexibility index (Phi) is 5.81. The van der Waals surface area contributed by atoms with Gasteiger partial charge in [0.15, 0.2) is 27.2 Å². The SMILES string of the molecule is Cc1cc(-c2nc(CS(C)(=O)=O)ncc2Oc2ccc(F)cc2F)cn(CC2CC2)c1=O. The van der Waals surface area contributed by atoms with Gasteiger partial charge in [-0.3, -0.25) is 4.79 Å². The summed E-state index contributed by atoms with van der Waals surface area (Å²) in [6, 6.07) is 4.50. The molecule has 10 heteroatoms. The lowest BCUT2D eigenvalue weighted by atomic mass is 10.1. The van der Waals surface area contributed by atoms with Gasteiger partial charge in [0, 0.05) is 36.2 Å². The monoisotopic (exact) mass is 461 g/mol. The molecule has 0 spiro atoms. The second-order valence-corrected chi connectivity index (χ2v) is 10.2. The molecule has 0 N–H and O–H groups in total. The summed E-state index contributed by atoms with van der Waals surface area (Å²) in [7, 11) is -3.41. The molecule has 1 saturated carbocycles. The number of aromatic nitrogens is 3. The number of nitrogens with zero attached hydrogens (tertiary/aromatic N) is 3. The van der Waals surface area contributed by atoms with Crippen LogP contribution in [0.1, 0.15) is 24.2 Å². The molecule has 1 aliphatic carbocycles. The minimum atomic E-state index is -3.41. The highest BCUT2D eigenvalue weighted by Crippen LogP contribution is 2.34. The van der Waals surface area contributed by atoms with Crippen LogP contribution >= 0.6 is 0 Å². The van der Waals surface area contributed by atoms with E-state index in [4.69, 9.17) is 4.74 Å². The number of ether oxygens (including phenoxy) is 1. The maximum atomic E-state index is 14.2. The van der Waals surface area contributed by atoms with Crippen LogP contribution in [0.15, 0.2) is 41.5 Å². The highest BCUT2D eigenvalue weighted by molar-refractivity contribution is 7.89. The molecule has 3 aromatic rings. The number of pyridine rings is 1. The van der Waals surface area contributed by atoms with E-state index >= 15 is 0 Å². The van der Waals surface area contributed by atoms with Crippen LogP contribution in [-0.4, -0.2) is 29.2 Å². The molecular weight excluding hydrogens is 440 g/mol. The molecule has 0 amide bonds. The van der Waals surface area contributed by atoms with Crippen molar-refractivity contribution in [3.8, 4) is 22.8 Å². The largest absolute Gasteiger partial charge is 0.450 e.